The first-order chi connectivity index (χ1) is 14.1. The normalized spacial score (nSPS) is 16.9. The number of pyridine rings is 1. The van der Waals surface area contributed by atoms with Crippen LogP contribution in [0, 0.1) is 10.1 Å². The lowest BCUT2D eigenvalue weighted by molar-refractivity contribution is -0.384. The van der Waals surface area contributed by atoms with Gasteiger partial charge in [-0.05, 0) is 39.8 Å². The number of carbonyl (C=O) groups excluding carboxylic acids is 1. The van der Waals surface area contributed by atoms with E-state index in [0.29, 0.717) is 31.3 Å². The van der Waals surface area contributed by atoms with Crippen molar-refractivity contribution < 1.29 is 14.5 Å². The van der Waals surface area contributed by atoms with Crippen LogP contribution in [0.3, 0.4) is 0 Å². The van der Waals surface area contributed by atoms with Gasteiger partial charge >= 0.3 is 11.8 Å². The lowest BCUT2D eigenvalue weighted by atomic mass is 10.2. The predicted molar refractivity (Wildman–Crippen MR) is 111 cm³/mol. The SMILES string of the molecule is C[C@@H]1CN(C(=O)OC(C)(C)C)CCN1c1ccc([N+](=O)[O-])c(Nc2ccncn2)n1. The molecule has 11 nitrogen and oxygen atoms in total. The fraction of sp³-hybridized carbons (Fsp3) is 0.474. The second-order valence-electron chi connectivity index (χ2n) is 7.98. The molecule has 160 valence electrons. The number of ether oxygens (including phenoxy) is 1. The van der Waals surface area contributed by atoms with Crippen LogP contribution in [0.25, 0.3) is 0 Å². The van der Waals surface area contributed by atoms with Crippen LogP contribution >= 0.6 is 0 Å². The molecule has 3 rings (SSSR count). The number of nitrogens with zero attached hydrogens (tertiary/aromatic N) is 6. The van der Waals surface area contributed by atoms with Gasteiger partial charge in [-0.15, -0.1) is 0 Å². The van der Waals surface area contributed by atoms with Crippen LogP contribution in [0.1, 0.15) is 27.7 Å². The molecule has 1 N–H and O–H groups in total. The zero-order valence-electron chi connectivity index (χ0n) is 17.4. The highest BCUT2D eigenvalue weighted by Gasteiger charge is 2.31. The third-order valence-corrected chi connectivity index (χ3v) is 4.46. The molecule has 1 saturated heterocycles. The predicted octanol–water partition coefficient (Wildman–Crippen LogP) is 2.97. The Morgan fingerprint density at radius 3 is 2.67 bits per heavy atom. The van der Waals surface area contributed by atoms with Crippen LogP contribution in [0.4, 0.5) is 27.9 Å². The van der Waals surface area contributed by atoms with Crippen molar-refractivity contribution in [3.05, 3.63) is 40.8 Å². The smallest absolute Gasteiger partial charge is 0.410 e. The first-order valence-corrected chi connectivity index (χ1v) is 9.57. The minimum Gasteiger partial charge on any atom is -0.444 e. The average molecular weight is 415 g/mol. The summed E-state index contributed by atoms with van der Waals surface area (Å²) in [6, 6.07) is 4.58. The van der Waals surface area contributed by atoms with Crippen LogP contribution in [0.15, 0.2) is 30.7 Å². The number of piperazine rings is 1. The maximum atomic E-state index is 12.4. The van der Waals surface area contributed by atoms with Gasteiger partial charge in [-0.25, -0.2) is 19.7 Å². The fourth-order valence-corrected chi connectivity index (χ4v) is 3.12. The molecule has 0 bridgehead atoms. The van der Waals surface area contributed by atoms with E-state index in [1.165, 1.54) is 18.6 Å². The van der Waals surface area contributed by atoms with Crippen molar-refractivity contribution in [3.63, 3.8) is 0 Å². The zero-order valence-corrected chi connectivity index (χ0v) is 17.4. The van der Waals surface area contributed by atoms with E-state index in [1.807, 2.05) is 32.6 Å². The number of hydrogen-bond donors (Lipinski definition) is 1. The Labute approximate surface area is 174 Å². The molecule has 1 amide bonds. The van der Waals surface area contributed by atoms with E-state index >= 15 is 0 Å². The Morgan fingerprint density at radius 2 is 2.07 bits per heavy atom. The standard InChI is InChI=1S/C19H25N7O4/c1-13-11-24(18(27)30-19(2,3)4)9-10-25(13)16-6-5-14(26(28)29)17(23-16)22-15-7-8-20-12-21-15/h5-8,12-13H,9-11H2,1-4H3,(H,20,21,22,23)/t13-/m1/s1. The second kappa shape index (κ2) is 8.47. The third kappa shape index (κ3) is 5.10. The van der Waals surface area contributed by atoms with Gasteiger partial charge in [-0.1, -0.05) is 0 Å². The van der Waals surface area contributed by atoms with Crippen molar-refractivity contribution in [2.24, 2.45) is 0 Å². The average Bonchev–Trinajstić information content (AvgIpc) is 2.67. The highest BCUT2D eigenvalue weighted by Crippen LogP contribution is 2.29. The van der Waals surface area contributed by atoms with Gasteiger partial charge in [0, 0.05) is 37.9 Å². The fourth-order valence-electron chi connectivity index (χ4n) is 3.12. The molecule has 30 heavy (non-hydrogen) atoms. The lowest BCUT2D eigenvalue weighted by Gasteiger charge is -2.40. The second-order valence-corrected chi connectivity index (χ2v) is 7.98. The van der Waals surface area contributed by atoms with E-state index < -0.39 is 10.5 Å². The van der Waals surface area contributed by atoms with Crippen molar-refractivity contribution in [1.82, 2.24) is 19.9 Å². The Kier molecular flexibility index (Phi) is 5.99. The van der Waals surface area contributed by atoms with E-state index in [9.17, 15) is 14.9 Å². The number of carbonyl (C=O) groups is 1. The molecule has 2 aromatic heterocycles. The number of rotatable bonds is 4. The Balaban J connectivity index is 1.78. The number of hydrogen-bond acceptors (Lipinski definition) is 9. The monoisotopic (exact) mass is 415 g/mol. The van der Waals surface area contributed by atoms with Crippen LogP contribution in [0.2, 0.25) is 0 Å². The summed E-state index contributed by atoms with van der Waals surface area (Å²) in [5.74, 6) is 1.08. The third-order valence-electron chi connectivity index (χ3n) is 4.46. The van der Waals surface area contributed by atoms with Crippen LogP contribution in [-0.2, 0) is 4.74 Å². The minimum absolute atomic E-state index is 0.0490. The topological polar surface area (TPSA) is 127 Å². The number of amides is 1. The Bertz CT molecular complexity index is 917. The molecular weight excluding hydrogens is 390 g/mol. The molecule has 1 aliphatic heterocycles. The van der Waals surface area contributed by atoms with Crippen molar-refractivity contribution in [3.8, 4) is 0 Å². The molecule has 0 aliphatic carbocycles. The molecule has 1 atom stereocenters. The molecule has 0 radical (unpaired) electrons. The van der Waals surface area contributed by atoms with Gasteiger partial charge in [0.15, 0.2) is 0 Å². The first-order valence-electron chi connectivity index (χ1n) is 9.57. The molecule has 1 fully saturated rings. The van der Waals surface area contributed by atoms with E-state index in [2.05, 4.69) is 20.3 Å². The largest absolute Gasteiger partial charge is 0.444 e. The Morgan fingerprint density at radius 1 is 1.30 bits per heavy atom. The van der Waals surface area contributed by atoms with Gasteiger partial charge in [0.1, 0.15) is 23.6 Å². The highest BCUT2D eigenvalue weighted by molar-refractivity contribution is 5.69. The number of anilines is 3. The summed E-state index contributed by atoms with van der Waals surface area (Å²) in [5, 5.41) is 14.3. The molecule has 0 saturated carbocycles. The van der Waals surface area contributed by atoms with Crippen molar-refractivity contribution in [2.45, 2.75) is 39.3 Å². The minimum atomic E-state index is -0.557. The van der Waals surface area contributed by atoms with Gasteiger partial charge in [0.2, 0.25) is 5.82 Å². The van der Waals surface area contributed by atoms with Gasteiger partial charge < -0.3 is 19.9 Å². The van der Waals surface area contributed by atoms with Gasteiger partial charge in [-0.3, -0.25) is 10.1 Å². The van der Waals surface area contributed by atoms with E-state index in [-0.39, 0.29) is 23.6 Å². The van der Waals surface area contributed by atoms with Gasteiger partial charge in [0.05, 0.1) is 4.92 Å². The number of aromatic nitrogens is 3. The first kappa shape index (κ1) is 21.2. The van der Waals surface area contributed by atoms with Crippen molar-refractivity contribution >= 4 is 29.2 Å². The molecule has 0 unspecified atom stereocenters. The molecule has 2 aromatic rings. The molecule has 11 heteroatoms. The summed E-state index contributed by atoms with van der Waals surface area (Å²) in [7, 11) is 0. The summed E-state index contributed by atoms with van der Waals surface area (Å²) in [6.07, 6.45) is 2.52. The van der Waals surface area contributed by atoms with E-state index in [4.69, 9.17) is 4.74 Å². The molecule has 3 heterocycles. The maximum absolute atomic E-state index is 12.4. The number of nitrogens with one attached hydrogen (secondary N) is 1. The summed E-state index contributed by atoms with van der Waals surface area (Å²) >= 11 is 0. The molecule has 0 spiro atoms. The van der Waals surface area contributed by atoms with Crippen LogP contribution in [0.5, 0.6) is 0 Å². The molecule has 1 aliphatic rings. The highest BCUT2D eigenvalue weighted by atomic mass is 16.6. The quantitative estimate of drug-likeness (QED) is 0.592. The summed E-state index contributed by atoms with van der Waals surface area (Å²) in [6.45, 7) is 8.91. The van der Waals surface area contributed by atoms with E-state index in [0.717, 1.165) is 0 Å². The summed E-state index contributed by atoms with van der Waals surface area (Å²) in [5.41, 5.74) is -0.712. The molecule has 0 aromatic carbocycles. The van der Waals surface area contributed by atoms with Crippen LogP contribution in [-0.4, -0.2) is 62.1 Å². The zero-order chi connectivity index (χ0) is 21.9. The van der Waals surface area contributed by atoms with Crippen molar-refractivity contribution in [2.75, 3.05) is 29.9 Å². The van der Waals surface area contributed by atoms with Crippen LogP contribution < -0.4 is 10.2 Å². The summed E-state index contributed by atoms with van der Waals surface area (Å²) in [4.78, 5) is 39.3. The van der Waals surface area contributed by atoms with Crippen molar-refractivity contribution in [1.29, 1.82) is 0 Å². The summed E-state index contributed by atoms with van der Waals surface area (Å²) < 4.78 is 5.45. The van der Waals surface area contributed by atoms with E-state index in [1.54, 1.807) is 17.0 Å². The molecular formula is C19H25N7O4. The van der Waals surface area contributed by atoms with Gasteiger partial charge in [0.25, 0.3) is 0 Å². The Hall–Kier alpha value is -3.50. The lowest BCUT2D eigenvalue weighted by Crippen LogP contribution is -2.54. The number of nitro groups is 1. The maximum Gasteiger partial charge on any atom is 0.410 e. The van der Waals surface area contributed by atoms with Gasteiger partial charge in [-0.2, -0.15) is 0 Å².